The van der Waals surface area contributed by atoms with Gasteiger partial charge in [0, 0.05) is 11.7 Å². The number of hydrogen-bond donors (Lipinski definition) is 1. The van der Waals surface area contributed by atoms with Gasteiger partial charge in [0.1, 0.15) is 5.76 Å². The number of nitrogens with one attached hydrogen (secondary N) is 1. The number of aryl methyl sites for hydroxylation is 1. The maximum absolute atomic E-state index is 5.04. The molecule has 0 aliphatic rings. The van der Waals surface area contributed by atoms with Crippen LogP contribution in [0.25, 0.3) is 10.4 Å². The summed E-state index contributed by atoms with van der Waals surface area (Å²) in [5.41, 5.74) is 1.04. The molecule has 86 valence electrons. The second-order valence-corrected chi connectivity index (χ2v) is 5.73. The summed E-state index contributed by atoms with van der Waals surface area (Å²) in [7, 11) is 0. The van der Waals surface area contributed by atoms with E-state index >= 15 is 0 Å². The Morgan fingerprint density at radius 1 is 1.31 bits per heavy atom. The highest BCUT2D eigenvalue weighted by atomic mass is 32.1. The summed E-state index contributed by atoms with van der Waals surface area (Å²) >= 11 is 1.61. The van der Waals surface area contributed by atoms with Crippen molar-refractivity contribution >= 4 is 16.5 Å². The molecule has 4 nitrogen and oxygen atoms in total. The van der Waals surface area contributed by atoms with E-state index in [0.29, 0.717) is 0 Å². The van der Waals surface area contributed by atoms with Crippen molar-refractivity contribution in [1.29, 1.82) is 0 Å². The number of thiazole rings is 1. The minimum atomic E-state index is 0.0266. The Hall–Kier alpha value is -1.36. The van der Waals surface area contributed by atoms with Gasteiger partial charge in [-0.3, -0.25) is 0 Å². The predicted octanol–water partition coefficient (Wildman–Crippen LogP) is 3.32. The van der Waals surface area contributed by atoms with Crippen LogP contribution in [0.15, 0.2) is 16.9 Å². The fourth-order valence-corrected chi connectivity index (χ4v) is 2.40. The van der Waals surface area contributed by atoms with Gasteiger partial charge in [-0.05, 0) is 27.7 Å². The van der Waals surface area contributed by atoms with E-state index in [-0.39, 0.29) is 5.54 Å². The van der Waals surface area contributed by atoms with Crippen LogP contribution in [0.1, 0.15) is 26.5 Å². The molecule has 5 heteroatoms. The molecular weight excluding hydrogens is 222 g/mol. The van der Waals surface area contributed by atoms with Gasteiger partial charge in [-0.15, -0.1) is 0 Å². The molecule has 0 bridgehead atoms. The van der Waals surface area contributed by atoms with Crippen molar-refractivity contribution in [2.45, 2.75) is 33.2 Å². The topological polar surface area (TPSA) is 51.0 Å². The third-order valence-corrected chi connectivity index (χ3v) is 2.95. The summed E-state index contributed by atoms with van der Waals surface area (Å²) in [6.45, 7) is 8.23. The van der Waals surface area contributed by atoms with E-state index in [4.69, 9.17) is 4.52 Å². The summed E-state index contributed by atoms with van der Waals surface area (Å²) in [6, 6.07) is 0. The van der Waals surface area contributed by atoms with Gasteiger partial charge in [0.15, 0.2) is 5.13 Å². The lowest BCUT2D eigenvalue weighted by Gasteiger charge is -2.19. The van der Waals surface area contributed by atoms with Gasteiger partial charge in [0.2, 0.25) is 0 Å². The lowest BCUT2D eigenvalue weighted by Crippen LogP contribution is -2.25. The van der Waals surface area contributed by atoms with Crippen molar-refractivity contribution < 1.29 is 4.52 Å². The van der Waals surface area contributed by atoms with Gasteiger partial charge in [0.05, 0.1) is 16.6 Å². The quantitative estimate of drug-likeness (QED) is 0.870. The molecule has 16 heavy (non-hydrogen) atoms. The molecule has 0 spiro atoms. The van der Waals surface area contributed by atoms with Crippen LogP contribution >= 0.6 is 11.3 Å². The fourth-order valence-electron chi connectivity index (χ4n) is 1.31. The van der Waals surface area contributed by atoms with E-state index in [1.807, 2.05) is 13.1 Å². The second kappa shape index (κ2) is 3.90. The minimum Gasteiger partial charge on any atom is -0.361 e. The molecule has 0 fully saturated rings. The van der Waals surface area contributed by atoms with Crippen molar-refractivity contribution in [3.05, 3.63) is 18.2 Å². The lowest BCUT2D eigenvalue weighted by molar-refractivity contribution is 0.398. The van der Waals surface area contributed by atoms with Crippen LogP contribution in [0.2, 0.25) is 0 Å². The molecule has 2 rings (SSSR count). The summed E-state index contributed by atoms with van der Waals surface area (Å²) in [5.74, 6) is 0.825. The first-order chi connectivity index (χ1) is 7.46. The van der Waals surface area contributed by atoms with Crippen LogP contribution < -0.4 is 5.32 Å². The highest BCUT2D eigenvalue weighted by Crippen LogP contribution is 2.31. The maximum Gasteiger partial charge on any atom is 0.183 e. The Kier molecular flexibility index (Phi) is 2.71. The molecule has 0 atom stereocenters. The van der Waals surface area contributed by atoms with Crippen molar-refractivity contribution in [2.75, 3.05) is 5.32 Å². The molecule has 0 amide bonds. The number of aromatic nitrogens is 2. The normalized spacial score (nSPS) is 11.8. The molecular formula is C11H15N3OS. The van der Waals surface area contributed by atoms with E-state index in [1.165, 1.54) is 0 Å². The maximum atomic E-state index is 5.04. The Labute approximate surface area is 98.7 Å². The minimum absolute atomic E-state index is 0.0266. The molecule has 0 unspecified atom stereocenters. The zero-order valence-corrected chi connectivity index (χ0v) is 10.7. The van der Waals surface area contributed by atoms with Gasteiger partial charge >= 0.3 is 0 Å². The smallest absolute Gasteiger partial charge is 0.183 e. The van der Waals surface area contributed by atoms with E-state index in [1.54, 1.807) is 17.5 Å². The van der Waals surface area contributed by atoms with Crippen molar-refractivity contribution in [3.8, 4) is 10.4 Å². The number of hydrogen-bond acceptors (Lipinski definition) is 5. The van der Waals surface area contributed by atoms with E-state index in [9.17, 15) is 0 Å². The van der Waals surface area contributed by atoms with Crippen molar-refractivity contribution in [3.63, 3.8) is 0 Å². The molecule has 0 saturated heterocycles. The second-order valence-electron chi connectivity index (χ2n) is 4.70. The van der Waals surface area contributed by atoms with E-state index in [0.717, 1.165) is 21.3 Å². The Balaban J connectivity index is 2.24. The summed E-state index contributed by atoms with van der Waals surface area (Å²) in [6.07, 6.45) is 3.57. The first-order valence-corrected chi connectivity index (χ1v) is 5.93. The fraction of sp³-hybridized carbons (Fsp3) is 0.455. The third kappa shape index (κ3) is 2.41. The Morgan fingerprint density at radius 2 is 2.06 bits per heavy atom. The summed E-state index contributed by atoms with van der Waals surface area (Å²) in [4.78, 5) is 5.41. The average Bonchev–Trinajstić information content (AvgIpc) is 2.71. The summed E-state index contributed by atoms with van der Waals surface area (Å²) < 4.78 is 5.04. The van der Waals surface area contributed by atoms with Crippen LogP contribution in [0, 0.1) is 6.92 Å². The van der Waals surface area contributed by atoms with Crippen LogP contribution in [0.5, 0.6) is 0 Å². The molecule has 0 radical (unpaired) electrons. The van der Waals surface area contributed by atoms with Crippen LogP contribution in [0.4, 0.5) is 5.13 Å². The first kappa shape index (κ1) is 11.1. The molecule has 2 aromatic heterocycles. The van der Waals surface area contributed by atoms with Crippen LogP contribution in [0.3, 0.4) is 0 Å². The zero-order chi connectivity index (χ0) is 11.8. The molecule has 2 heterocycles. The monoisotopic (exact) mass is 237 g/mol. The highest BCUT2D eigenvalue weighted by Gasteiger charge is 2.14. The third-order valence-electron chi connectivity index (χ3n) is 2.00. The Bertz CT molecular complexity index is 481. The van der Waals surface area contributed by atoms with E-state index < -0.39 is 0 Å². The average molecular weight is 237 g/mol. The Morgan fingerprint density at radius 3 is 2.62 bits per heavy atom. The van der Waals surface area contributed by atoms with Crippen molar-refractivity contribution in [2.24, 2.45) is 0 Å². The van der Waals surface area contributed by atoms with Crippen LogP contribution in [-0.2, 0) is 0 Å². The largest absolute Gasteiger partial charge is 0.361 e. The molecule has 0 aromatic carbocycles. The number of rotatable bonds is 2. The van der Waals surface area contributed by atoms with Crippen molar-refractivity contribution in [1.82, 2.24) is 10.1 Å². The number of nitrogens with zero attached hydrogens (tertiary/aromatic N) is 2. The zero-order valence-electron chi connectivity index (χ0n) is 9.87. The first-order valence-electron chi connectivity index (χ1n) is 5.11. The standard InChI is InChI=1S/C11H15N3OS/c1-7-8(5-13-15-7)9-6-12-10(16-9)14-11(2,3)4/h5-6H,1-4H3,(H,12,14). The lowest BCUT2D eigenvalue weighted by atomic mass is 10.1. The van der Waals surface area contributed by atoms with Crippen LogP contribution in [-0.4, -0.2) is 15.7 Å². The van der Waals surface area contributed by atoms with Gasteiger partial charge in [-0.25, -0.2) is 4.98 Å². The van der Waals surface area contributed by atoms with Gasteiger partial charge < -0.3 is 9.84 Å². The molecule has 1 N–H and O–H groups in total. The SMILES string of the molecule is Cc1oncc1-c1cnc(NC(C)(C)C)s1. The van der Waals surface area contributed by atoms with E-state index in [2.05, 4.69) is 36.2 Å². The molecule has 0 aliphatic heterocycles. The predicted molar refractivity (Wildman–Crippen MR) is 65.7 cm³/mol. The summed E-state index contributed by atoms with van der Waals surface area (Å²) in [5, 5.41) is 8.02. The highest BCUT2D eigenvalue weighted by molar-refractivity contribution is 7.18. The van der Waals surface area contributed by atoms with Gasteiger partial charge in [0.25, 0.3) is 0 Å². The molecule has 2 aromatic rings. The molecule has 0 saturated carbocycles. The van der Waals surface area contributed by atoms with Gasteiger partial charge in [-0.1, -0.05) is 16.5 Å². The molecule has 0 aliphatic carbocycles. The number of anilines is 1. The van der Waals surface area contributed by atoms with Gasteiger partial charge in [-0.2, -0.15) is 0 Å².